The fraction of sp³-hybridized carbons (Fsp3) is 0.133. The highest BCUT2D eigenvalue weighted by atomic mass is 35.5. The van der Waals surface area contributed by atoms with Crippen molar-refractivity contribution in [2.45, 2.75) is 6.54 Å². The van der Waals surface area contributed by atoms with Crippen LogP contribution in [-0.4, -0.2) is 22.8 Å². The molecule has 5 nitrogen and oxygen atoms in total. The van der Waals surface area contributed by atoms with Gasteiger partial charge in [-0.05, 0) is 29.8 Å². The Bertz CT molecular complexity index is 719. The van der Waals surface area contributed by atoms with Gasteiger partial charge >= 0.3 is 0 Å². The molecule has 2 aromatic carbocycles. The van der Waals surface area contributed by atoms with Gasteiger partial charge in [0.2, 0.25) is 0 Å². The number of amides is 1. The van der Waals surface area contributed by atoms with Gasteiger partial charge in [0.25, 0.3) is 11.6 Å². The van der Waals surface area contributed by atoms with Gasteiger partial charge in [-0.25, -0.2) is 4.39 Å². The number of carbonyl (C=O) groups is 1. The summed E-state index contributed by atoms with van der Waals surface area (Å²) in [5.41, 5.74) is 0.324. The molecule has 0 saturated heterocycles. The van der Waals surface area contributed by atoms with Crippen molar-refractivity contribution in [1.29, 1.82) is 0 Å². The molecule has 0 heterocycles. The predicted octanol–water partition coefficient (Wildman–Crippen LogP) is 3.66. The van der Waals surface area contributed by atoms with Crippen LogP contribution in [0, 0.1) is 15.9 Å². The normalized spacial score (nSPS) is 10.3. The highest BCUT2D eigenvalue weighted by Crippen LogP contribution is 2.24. The lowest BCUT2D eigenvalue weighted by Gasteiger charge is -2.17. The van der Waals surface area contributed by atoms with E-state index in [-0.39, 0.29) is 28.6 Å². The summed E-state index contributed by atoms with van der Waals surface area (Å²) in [5.74, 6) is -0.901. The number of hydrogen-bond donors (Lipinski definition) is 0. The predicted molar refractivity (Wildman–Crippen MR) is 80.3 cm³/mol. The molecule has 0 spiro atoms. The van der Waals surface area contributed by atoms with Gasteiger partial charge in [-0.3, -0.25) is 14.9 Å². The van der Waals surface area contributed by atoms with E-state index in [1.54, 1.807) is 12.1 Å². The summed E-state index contributed by atoms with van der Waals surface area (Å²) in [6, 6.07) is 9.49. The monoisotopic (exact) mass is 322 g/mol. The largest absolute Gasteiger partial charge is 0.337 e. The second kappa shape index (κ2) is 6.53. The molecular formula is C15H12ClFN2O3. The summed E-state index contributed by atoms with van der Waals surface area (Å²) in [6.45, 7) is 0.197. The van der Waals surface area contributed by atoms with Crippen LogP contribution in [0.3, 0.4) is 0 Å². The van der Waals surface area contributed by atoms with E-state index >= 15 is 0 Å². The topological polar surface area (TPSA) is 63.5 Å². The van der Waals surface area contributed by atoms with Crippen molar-refractivity contribution in [3.05, 3.63) is 74.5 Å². The Kier molecular flexibility index (Phi) is 4.72. The van der Waals surface area contributed by atoms with Gasteiger partial charge in [-0.2, -0.15) is 0 Å². The zero-order valence-corrected chi connectivity index (χ0v) is 12.4. The zero-order valence-electron chi connectivity index (χ0n) is 11.6. The molecule has 0 saturated carbocycles. The fourth-order valence-electron chi connectivity index (χ4n) is 1.98. The Labute approximate surface area is 131 Å². The minimum Gasteiger partial charge on any atom is -0.337 e. The third-order valence-corrected chi connectivity index (χ3v) is 3.30. The number of rotatable bonds is 4. The molecule has 7 heteroatoms. The third kappa shape index (κ3) is 3.59. The summed E-state index contributed by atoms with van der Waals surface area (Å²) in [4.78, 5) is 24.1. The number of benzene rings is 2. The van der Waals surface area contributed by atoms with E-state index < -0.39 is 10.8 Å². The maximum Gasteiger partial charge on any atom is 0.282 e. The van der Waals surface area contributed by atoms with Crippen LogP contribution < -0.4 is 0 Å². The number of nitrogens with zero attached hydrogens (tertiary/aromatic N) is 2. The lowest BCUT2D eigenvalue weighted by molar-refractivity contribution is -0.385. The molecule has 0 unspecified atom stereocenters. The number of halogens is 2. The Morgan fingerprint density at radius 3 is 2.50 bits per heavy atom. The van der Waals surface area contributed by atoms with Gasteiger partial charge in [0, 0.05) is 24.7 Å². The molecule has 0 aliphatic heterocycles. The summed E-state index contributed by atoms with van der Waals surface area (Å²) < 4.78 is 12.9. The number of nitro benzene ring substituents is 1. The maximum absolute atomic E-state index is 12.9. The second-order valence-corrected chi connectivity index (χ2v) is 5.14. The molecule has 22 heavy (non-hydrogen) atoms. The van der Waals surface area contributed by atoms with Crippen molar-refractivity contribution in [1.82, 2.24) is 4.90 Å². The Balaban J connectivity index is 2.25. The molecular weight excluding hydrogens is 311 g/mol. The van der Waals surface area contributed by atoms with E-state index in [2.05, 4.69) is 0 Å². The summed E-state index contributed by atoms with van der Waals surface area (Å²) in [7, 11) is 1.51. The van der Waals surface area contributed by atoms with E-state index in [1.807, 2.05) is 0 Å². The standard InChI is InChI=1S/C15H12ClFN2O3/c1-18(9-10-2-5-12(17)6-3-10)15(20)13-8-11(16)4-7-14(13)19(21)22/h2-8H,9H2,1H3. The van der Waals surface area contributed by atoms with Crippen LogP contribution in [0.4, 0.5) is 10.1 Å². The van der Waals surface area contributed by atoms with Crippen molar-refractivity contribution in [2.75, 3.05) is 7.05 Å². The molecule has 0 N–H and O–H groups in total. The van der Waals surface area contributed by atoms with Crippen molar-refractivity contribution < 1.29 is 14.1 Å². The van der Waals surface area contributed by atoms with Crippen LogP contribution in [-0.2, 0) is 6.54 Å². The highest BCUT2D eigenvalue weighted by Gasteiger charge is 2.23. The Hall–Kier alpha value is -2.47. The average molecular weight is 323 g/mol. The summed E-state index contributed by atoms with van der Waals surface area (Å²) >= 11 is 5.81. The van der Waals surface area contributed by atoms with E-state index in [1.165, 1.54) is 42.3 Å². The van der Waals surface area contributed by atoms with Gasteiger partial charge in [-0.15, -0.1) is 0 Å². The molecule has 0 atom stereocenters. The van der Waals surface area contributed by atoms with Gasteiger partial charge in [0.15, 0.2) is 0 Å². The smallest absolute Gasteiger partial charge is 0.282 e. The summed E-state index contributed by atoms with van der Waals surface area (Å²) in [6.07, 6.45) is 0. The van der Waals surface area contributed by atoms with E-state index in [0.29, 0.717) is 5.56 Å². The van der Waals surface area contributed by atoms with Crippen molar-refractivity contribution in [3.8, 4) is 0 Å². The first-order valence-electron chi connectivity index (χ1n) is 6.32. The first kappa shape index (κ1) is 15.9. The molecule has 2 aromatic rings. The fourth-order valence-corrected chi connectivity index (χ4v) is 2.15. The van der Waals surface area contributed by atoms with Crippen LogP contribution in [0.2, 0.25) is 5.02 Å². The quantitative estimate of drug-likeness (QED) is 0.637. The van der Waals surface area contributed by atoms with Crippen molar-refractivity contribution >= 4 is 23.2 Å². The number of hydrogen-bond acceptors (Lipinski definition) is 3. The average Bonchev–Trinajstić information content (AvgIpc) is 2.48. The van der Waals surface area contributed by atoms with Gasteiger partial charge in [-0.1, -0.05) is 23.7 Å². The molecule has 114 valence electrons. The van der Waals surface area contributed by atoms with Crippen molar-refractivity contribution in [3.63, 3.8) is 0 Å². The molecule has 2 rings (SSSR count). The highest BCUT2D eigenvalue weighted by molar-refractivity contribution is 6.31. The van der Waals surface area contributed by atoms with Gasteiger partial charge in [0.05, 0.1) is 4.92 Å². The van der Waals surface area contributed by atoms with E-state index in [4.69, 9.17) is 11.6 Å². The van der Waals surface area contributed by atoms with Crippen LogP contribution in [0.5, 0.6) is 0 Å². The minimum atomic E-state index is -0.630. The lowest BCUT2D eigenvalue weighted by atomic mass is 10.1. The zero-order chi connectivity index (χ0) is 16.3. The maximum atomic E-state index is 12.9. The Morgan fingerprint density at radius 2 is 1.91 bits per heavy atom. The molecule has 1 amide bonds. The van der Waals surface area contributed by atoms with Crippen molar-refractivity contribution in [2.24, 2.45) is 0 Å². The van der Waals surface area contributed by atoms with Gasteiger partial charge in [0.1, 0.15) is 11.4 Å². The number of nitro groups is 1. The first-order chi connectivity index (χ1) is 10.4. The van der Waals surface area contributed by atoms with E-state index in [9.17, 15) is 19.3 Å². The van der Waals surface area contributed by atoms with Crippen LogP contribution in [0.25, 0.3) is 0 Å². The summed E-state index contributed by atoms with van der Waals surface area (Å²) in [5, 5.41) is 11.2. The molecule has 0 aromatic heterocycles. The van der Waals surface area contributed by atoms with Gasteiger partial charge < -0.3 is 4.90 Å². The molecule has 0 radical (unpaired) electrons. The van der Waals surface area contributed by atoms with E-state index in [0.717, 1.165) is 0 Å². The molecule has 0 bridgehead atoms. The first-order valence-corrected chi connectivity index (χ1v) is 6.70. The lowest BCUT2D eigenvalue weighted by Crippen LogP contribution is -2.26. The van der Waals surface area contributed by atoms with Crippen LogP contribution in [0.15, 0.2) is 42.5 Å². The molecule has 0 fully saturated rings. The number of carbonyl (C=O) groups excluding carboxylic acids is 1. The van der Waals surface area contributed by atoms with Crippen LogP contribution in [0.1, 0.15) is 15.9 Å². The second-order valence-electron chi connectivity index (χ2n) is 4.71. The third-order valence-electron chi connectivity index (χ3n) is 3.07. The van der Waals surface area contributed by atoms with Crippen LogP contribution >= 0.6 is 11.6 Å². The molecule has 0 aliphatic carbocycles. The molecule has 0 aliphatic rings. The Morgan fingerprint density at radius 1 is 1.27 bits per heavy atom. The SMILES string of the molecule is CN(Cc1ccc(F)cc1)C(=O)c1cc(Cl)ccc1[N+](=O)[O-]. The minimum absolute atomic E-state index is 0.0814.